The van der Waals surface area contributed by atoms with Crippen LogP contribution in [-0.2, 0) is 5.75 Å². The molecule has 9 heteroatoms. The molecule has 0 saturated carbocycles. The minimum absolute atomic E-state index is 0.192. The van der Waals surface area contributed by atoms with Crippen molar-refractivity contribution in [3.05, 3.63) is 39.6 Å². The minimum atomic E-state index is -0.192. The Morgan fingerprint density at radius 3 is 2.61 bits per heavy atom. The van der Waals surface area contributed by atoms with E-state index in [1.165, 1.54) is 11.3 Å². The largest absolute Gasteiger partial charge is 0.321 e. The lowest BCUT2D eigenvalue weighted by molar-refractivity contribution is 0.479. The summed E-state index contributed by atoms with van der Waals surface area (Å²) in [5.41, 5.74) is 7.07. The summed E-state index contributed by atoms with van der Waals surface area (Å²) in [7, 11) is 0. The molecule has 2 N–H and O–H groups in total. The van der Waals surface area contributed by atoms with Gasteiger partial charge >= 0.3 is 0 Å². The van der Waals surface area contributed by atoms with Crippen LogP contribution in [0.4, 0.5) is 0 Å². The summed E-state index contributed by atoms with van der Waals surface area (Å²) in [6.45, 7) is 4.10. The Bertz CT molecular complexity index is 810. The lowest BCUT2D eigenvalue weighted by atomic mass is 10.1. The smallest absolute Gasteiger partial charge is 0.235 e. The van der Waals surface area contributed by atoms with Gasteiger partial charge in [-0.05, 0) is 23.6 Å². The van der Waals surface area contributed by atoms with Crippen molar-refractivity contribution in [2.45, 2.75) is 30.0 Å². The summed E-state index contributed by atoms with van der Waals surface area (Å²) < 4.78 is 2.61. The molecule has 3 aromatic rings. The van der Waals surface area contributed by atoms with Gasteiger partial charge in [0.15, 0.2) is 10.2 Å². The molecule has 0 radical (unpaired) electrons. The zero-order valence-electron chi connectivity index (χ0n) is 12.5. The molecule has 122 valence electrons. The van der Waals surface area contributed by atoms with Crippen molar-refractivity contribution in [1.29, 1.82) is 0 Å². The molecule has 1 aromatic carbocycles. The van der Waals surface area contributed by atoms with Crippen molar-refractivity contribution in [1.82, 2.24) is 19.8 Å². The van der Waals surface area contributed by atoms with E-state index in [2.05, 4.69) is 15.3 Å². The molecule has 2 aromatic heterocycles. The van der Waals surface area contributed by atoms with Gasteiger partial charge in [-0.3, -0.25) is 0 Å². The Morgan fingerprint density at radius 2 is 1.96 bits per heavy atom. The van der Waals surface area contributed by atoms with Gasteiger partial charge in [0.2, 0.25) is 4.96 Å². The first kappa shape index (κ1) is 17.0. The van der Waals surface area contributed by atoms with Crippen molar-refractivity contribution < 1.29 is 0 Å². The quantitative estimate of drug-likeness (QED) is 0.655. The maximum absolute atomic E-state index is 6.20. The molecule has 0 spiro atoms. The second kappa shape index (κ2) is 6.94. The molecule has 0 aliphatic heterocycles. The fourth-order valence-corrected chi connectivity index (χ4v) is 4.61. The molecule has 1 unspecified atom stereocenters. The van der Waals surface area contributed by atoms with Crippen LogP contribution in [0.2, 0.25) is 10.0 Å². The molecule has 3 rings (SSSR count). The van der Waals surface area contributed by atoms with Gasteiger partial charge in [0.1, 0.15) is 0 Å². The number of halogens is 2. The van der Waals surface area contributed by atoms with Gasteiger partial charge in [-0.1, -0.05) is 66.2 Å². The van der Waals surface area contributed by atoms with E-state index in [9.17, 15) is 0 Å². The third kappa shape index (κ3) is 3.49. The van der Waals surface area contributed by atoms with E-state index >= 15 is 0 Å². The van der Waals surface area contributed by atoms with Crippen molar-refractivity contribution in [3.8, 4) is 0 Å². The van der Waals surface area contributed by atoms with E-state index in [1.54, 1.807) is 16.3 Å². The number of hydrogen-bond donors (Lipinski definition) is 1. The summed E-state index contributed by atoms with van der Waals surface area (Å²) in [4.78, 5) is 0.740. The van der Waals surface area contributed by atoms with Crippen LogP contribution >= 0.6 is 46.3 Å². The topological polar surface area (TPSA) is 69.1 Å². The predicted octanol–water partition coefficient (Wildman–Crippen LogP) is 4.44. The second-order valence-electron chi connectivity index (χ2n) is 5.38. The zero-order valence-corrected chi connectivity index (χ0v) is 15.7. The first-order chi connectivity index (χ1) is 11.0. The number of thioether (sulfide) groups is 1. The number of hydrogen-bond acceptors (Lipinski definition) is 6. The van der Waals surface area contributed by atoms with Crippen LogP contribution in [0.1, 0.15) is 31.3 Å². The highest BCUT2D eigenvalue weighted by Crippen LogP contribution is 2.33. The molecule has 0 saturated heterocycles. The molecule has 1 atom stereocenters. The minimum Gasteiger partial charge on any atom is -0.321 e. The van der Waals surface area contributed by atoms with E-state index < -0.39 is 0 Å². The van der Waals surface area contributed by atoms with Crippen LogP contribution in [0.15, 0.2) is 22.5 Å². The van der Waals surface area contributed by atoms with Gasteiger partial charge in [-0.15, -0.1) is 15.3 Å². The highest BCUT2D eigenvalue weighted by Gasteiger charge is 2.20. The Balaban J connectivity index is 1.82. The Hall–Kier alpha value is -0.860. The lowest BCUT2D eigenvalue weighted by Gasteiger charge is -2.11. The average Bonchev–Trinajstić information content (AvgIpc) is 3.05. The number of nitrogens with two attached hydrogens (primary N) is 1. The standard InChI is InChI=1S/C14H15Cl2N5S2/c1-7(2)11(17)12-18-19-13-21(12)20-14(23-13)22-6-8-9(15)4-3-5-10(8)16/h3-5,7,11H,6,17H2,1-2H3. The van der Waals surface area contributed by atoms with E-state index in [1.807, 2.05) is 32.0 Å². The lowest BCUT2D eigenvalue weighted by Crippen LogP contribution is -2.20. The van der Waals surface area contributed by atoms with Gasteiger partial charge in [0.05, 0.1) is 6.04 Å². The van der Waals surface area contributed by atoms with Crippen molar-refractivity contribution in [2.75, 3.05) is 0 Å². The third-order valence-corrected chi connectivity index (χ3v) is 6.18. The van der Waals surface area contributed by atoms with Crippen LogP contribution in [0.25, 0.3) is 4.96 Å². The number of nitrogens with zero attached hydrogens (tertiary/aromatic N) is 4. The summed E-state index contributed by atoms with van der Waals surface area (Å²) in [6.07, 6.45) is 0. The van der Waals surface area contributed by atoms with Crippen LogP contribution in [-0.4, -0.2) is 19.8 Å². The number of aromatic nitrogens is 4. The van der Waals surface area contributed by atoms with Gasteiger partial charge < -0.3 is 5.73 Å². The fraction of sp³-hybridized carbons (Fsp3) is 0.357. The van der Waals surface area contributed by atoms with Crippen LogP contribution in [0.5, 0.6) is 0 Å². The molecular weight excluding hydrogens is 373 g/mol. The molecule has 0 aliphatic carbocycles. The molecule has 0 aliphatic rings. The summed E-state index contributed by atoms with van der Waals surface area (Å²) in [6, 6.07) is 5.31. The average molecular weight is 388 g/mol. The first-order valence-electron chi connectivity index (χ1n) is 7.00. The zero-order chi connectivity index (χ0) is 16.6. The fourth-order valence-electron chi connectivity index (χ4n) is 1.98. The molecular formula is C14H15Cl2N5S2. The maximum atomic E-state index is 6.20. The Labute approximate surface area is 152 Å². The van der Waals surface area contributed by atoms with Gasteiger partial charge in [0.25, 0.3) is 0 Å². The van der Waals surface area contributed by atoms with Crippen molar-refractivity contribution in [3.63, 3.8) is 0 Å². The van der Waals surface area contributed by atoms with Gasteiger partial charge in [-0.2, -0.15) is 4.52 Å². The monoisotopic (exact) mass is 387 g/mol. The van der Waals surface area contributed by atoms with E-state index in [-0.39, 0.29) is 12.0 Å². The van der Waals surface area contributed by atoms with Crippen LogP contribution in [0, 0.1) is 5.92 Å². The molecule has 0 fully saturated rings. The number of benzene rings is 1. The third-order valence-electron chi connectivity index (χ3n) is 3.41. The van der Waals surface area contributed by atoms with Gasteiger partial charge in [0, 0.05) is 15.8 Å². The van der Waals surface area contributed by atoms with E-state index in [0.29, 0.717) is 21.6 Å². The second-order valence-corrected chi connectivity index (χ2v) is 8.37. The molecule has 23 heavy (non-hydrogen) atoms. The Kier molecular flexibility index (Phi) is 5.13. The highest BCUT2D eigenvalue weighted by molar-refractivity contribution is 8.00. The number of rotatable bonds is 5. The van der Waals surface area contributed by atoms with Crippen LogP contribution < -0.4 is 5.73 Å². The normalized spacial score (nSPS) is 13.1. The molecule has 5 nitrogen and oxygen atoms in total. The summed E-state index contributed by atoms with van der Waals surface area (Å²) in [5, 5.41) is 14.2. The maximum Gasteiger partial charge on any atom is 0.235 e. The van der Waals surface area contributed by atoms with Gasteiger partial charge in [-0.25, -0.2) is 0 Å². The number of fused-ring (bicyclic) bond motifs is 1. The van der Waals surface area contributed by atoms with E-state index in [4.69, 9.17) is 28.9 Å². The van der Waals surface area contributed by atoms with E-state index in [0.717, 1.165) is 14.9 Å². The summed E-state index contributed by atoms with van der Waals surface area (Å²) >= 11 is 15.4. The SMILES string of the molecule is CC(C)C(N)c1nnc2sc(SCc3c(Cl)cccc3Cl)nn12. The predicted molar refractivity (Wildman–Crippen MR) is 96.4 cm³/mol. The molecule has 0 amide bonds. The van der Waals surface area contributed by atoms with Crippen LogP contribution in [0.3, 0.4) is 0 Å². The van der Waals surface area contributed by atoms with Crippen molar-refractivity contribution in [2.24, 2.45) is 11.7 Å². The molecule has 2 heterocycles. The summed E-state index contributed by atoms with van der Waals surface area (Å²) in [5.74, 6) is 1.60. The first-order valence-corrected chi connectivity index (χ1v) is 9.56. The van der Waals surface area contributed by atoms with Crippen molar-refractivity contribution >= 4 is 51.3 Å². The highest BCUT2D eigenvalue weighted by atomic mass is 35.5. The molecule has 0 bridgehead atoms. The Morgan fingerprint density at radius 1 is 1.26 bits per heavy atom.